The highest BCUT2D eigenvalue weighted by Gasteiger charge is 2.19. The smallest absolute Gasteiger partial charge is 0.287 e. The van der Waals surface area contributed by atoms with E-state index in [1.54, 1.807) is 13.2 Å². The number of halogens is 2. The summed E-state index contributed by atoms with van der Waals surface area (Å²) >= 11 is 11.6. The lowest BCUT2D eigenvalue weighted by Crippen LogP contribution is -2.27. The predicted molar refractivity (Wildman–Crippen MR) is 105 cm³/mol. The molecule has 3 rings (SSSR count). The van der Waals surface area contributed by atoms with E-state index in [2.05, 4.69) is 5.10 Å². The van der Waals surface area contributed by atoms with Gasteiger partial charge in [-0.15, -0.1) is 0 Å². The number of rotatable bonds is 5. The SMILES string of the molecule is COc1ccc(-n2c(C)cc(C(=O)Cn3ncc(Cl)c(Cl)c3=O)c2C)cc1. The van der Waals surface area contributed by atoms with E-state index in [4.69, 9.17) is 27.9 Å². The lowest BCUT2D eigenvalue weighted by atomic mass is 10.1. The highest BCUT2D eigenvalue weighted by Crippen LogP contribution is 2.23. The molecule has 2 heterocycles. The number of aromatic nitrogens is 3. The molecule has 0 spiro atoms. The molecule has 0 aliphatic heterocycles. The molecule has 140 valence electrons. The third-order valence-electron chi connectivity index (χ3n) is 4.30. The third kappa shape index (κ3) is 3.63. The Morgan fingerprint density at radius 3 is 2.48 bits per heavy atom. The van der Waals surface area contributed by atoms with Crippen LogP contribution < -0.4 is 10.3 Å². The fourth-order valence-corrected chi connectivity index (χ4v) is 3.22. The second-order valence-corrected chi connectivity index (χ2v) is 6.80. The minimum Gasteiger partial charge on any atom is -0.497 e. The van der Waals surface area contributed by atoms with E-state index < -0.39 is 5.56 Å². The van der Waals surface area contributed by atoms with E-state index >= 15 is 0 Å². The van der Waals surface area contributed by atoms with Crippen LogP contribution in [0.4, 0.5) is 0 Å². The summed E-state index contributed by atoms with van der Waals surface area (Å²) in [5.74, 6) is 0.512. The van der Waals surface area contributed by atoms with Crippen LogP contribution in [0.1, 0.15) is 21.7 Å². The van der Waals surface area contributed by atoms with Crippen LogP contribution in [0.2, 0.25) is 10.0 Å². The highest BCUT2D eigenvalue weighted by molar-refractivity contribution is 6.41. The van der Waals surface area contributed by atoms with E-state index in [0.29, 0.717) is 5.56 Å². The number of aryl methyl sites for hydroxylation is 1. The van der Waals surface area contributed by atoms with Gasteiger partial charge in [-0.1, -0.05) is 23.2 Å². The van der Waals surface area contributed by atoms with Gasteiger partial charge in [0.05, 0.1) is 18.3 Å². The minimum absolute atomic E-state index is 0.0584. The van der Waals surface area contributed by atoms with E-state index in [1.807, 2.05) is 42.7 Å². The van der Waals surface area contributed by atoms with Crippen molar-refractivity contribution in [3.05, 3.63) is 73.9 Å². The standard InChI is InChI=1S/C19H17Cl2N3O3/c1-11-8-15(12(2)24(11)13-4-6-14(27-3)7-5-13)17(25)10-23-19(26)18(21)16(20)9-22-23/h4-9H,10H2,1-3H3. The zero-order valence-electron chi connectivity index (χ0n) is 15.0. The molecule has 0 saturated heterocycles. The summed E-state index contributed by atoms with van der Waals surface area (Å²) in [5, 5.41) is 3.80. The van der Waals surface area contributed by atoms with Crippen LogP contribution in [-0.4, -0.2) is 27.2 Å². The summed E-state index contributed by atoms with van der Waals surface area (Å²) in [4.78, 5) is 24.9. The molecule has 27 heavy (non-hydrogen) atoms. The number of hydrogen-bond acceptors (Lipinski definition) is 4. The quantitative estimate of drug-likeness (QED) is 0.604. The van der Waals surface area contributed by atoms with Crippen molar-refractivity contribution in [2.75, 3.05) is 7.11 Å². The lowest BCUT2D eigenvalue weighted by molar-refractivity contribution is 0.0965. The number of nitrogens with zero attached hydrogens (tertiary/aromatic N) is 3. The molecule has 3 aromatic rings. The first-order valence-corrected chi connectivity index (χ1v) is 8.86. The summed E-state index contributed by atoms with van der Waals surface area (Å²) in [6.45, 7) is 3.55. The van der Waals surface area contributed by atoms with Crippen molar-refractivity contribution >= 4 is 29.0 Å². The van der Waals surface area contributed by atoms with Crippen LogP contribution in [0.15, 0.2) is 41.3 Å². The van der Waals surface area contributed by atoms with Crippen molar-refractivity contribution in [3.63, 3.8) is 0 Å². The first-order chi connectivity index (χ1) is 12.8. The van der Waals surface area contributed by atoms with Gasteiger partial charge in [0, 0.05) is 22.6 Å². The van der Waals surface area contributed by atoms with Crippen LogP contribution in [0, 0.1) is 13.8 Å². The van der Waals surface area contributed by atoms with Gasteiger partial charge in [0.25, 0.3) is 5.56 Å². The van der Waals surface area contributed by atoms with Crippen LogP contribution >= 0.6 is 23.2 Å². The molecule has 8 heteroatoms. The van der Waals surface area contributed by atoms with E-state index in [9.17, 15) is 9.59 Å². The zero-order valence-corrected chi connectivity index (χ0v) is 16.5. The molecule has 0 unspecified atom stereocenters. The van der Waals surface area contributed by atoms with Crippen LogP contribution in [0.25, 0.3) is 5.69 Å². The van der Waals surface area contributed by atoms with Crippen molar-refractivity contribution in [1.29, 1.82) is 0 Å². The van der Waals surface area contributed by atoms with Crippen molar-refractivity contribution in [2.45, 2.75) is 20.4 Å². The Labute approximate surface area is 165 Å². The summed E-state index contributed by atoms with van der Waals surface area (Å²) in [6.07, 6.45) is 1.25. The van der Waals surface area contributed by atoms with Gasteiger partial charge in [0.1, 0.15) is 17.3 Å². The molecule has 0 amide bonds. The summed E-state index contributed by atoms with van der Waals surface area (Å²) < 4.78 is 8.16. The summed E-state index contributed by atoms with van der Waals surface area (Å²) in [5.41, 5.74) is 2.51. The van der Waals surface area contributed by atoms with Gasteiger partial charge in [-0.3, -0.25) is 9.59 Å². The van der Waals surface area contributed by atoms with Gasteiger partial charge in [-0.25, -0.2) is 4.68 Å². The predicted octanol–water partition coefficient (Wildman–Crippen LogP) is 3.85. The molecule has 0 saturated carbocycles. The topological polar surface area (TPSA) is 66.1 Å². The van der Waals surface area contributed by atoms with Gasteiger partial charge in [-0.2, -0.15) is 5.10 Å². The van der Waals surface area contributed by atoms with E-state index in [0.717, 1.165) is 27.5 Å². The molecule has 0 radical (unpaired) electrons. The van der Waals surface area contributed by atoms with Crippen molar-refractivity contribution in [1.82, 2.24) is 14.3 Å². The number of hydrogen-bond donors (Lipinski definition) is 0. The average Bonchev–Trinajstić information content (AvgIpc) is 2.96. The Kier molecular flexibility index (Phi) is 5.39. The normalized spacial score (nSPS) is 10.9. The molecule has 0 aliphatic carbocycles. The molecule has 0 aliphatic rings. The van der Waals surface area contributed by atoms with Gasteiger partial charge < -0.3 is 9.30 Å². The second kappa shape index (κ2) is 7.58. The molecule has 2 aromatic heterocycles. The van der Waals surface area contributed by atoms with Crippen molar-refractivity contribution in [2.24, 2.45) is 0 Å². The van der Waals surface area contributed by atoms with Crippen LogP contribution in [0.3, 0.4) is 0 Å². The molecular weight excluding hydrogens is 389 g/mol. The fourth-order valence-electron chi connectivity index (χ4n) is 2.95. The minimum atomic E-state index is -0.596. The van der Waals surface area contributed by atoms with E-state index in [-0.39, 0.29) is 22.4 Å². The van der Waals surface area contributed by atoms with Crippen LogP contribution in [-0.2, 0) is 6.54 Å². The number of methoxy groups -OCH3 is 1. The summed E-state index contributed by atoms with van der Waals surface area (Å²) in [7, 11) is 1.61. The molecule has 0 fully saturated rings. The van der Waals surface area contributed by atoms with Crippen LogP contribution in [0.5, 0.6) is 5.75 Å². The van der Waals surface area contributed by atoms with Gasteiger partial charge in [-0.05, 0) is 44.2 Å². The number of carbonyl (C=O) groups is 1. The molecular formula is C19H17Cl2N3O3. The largest absolute Gasteiger partial charge is 0.497 e. The fraction of sp³-hybridized carbons (Fsp3) is 0.211. The maximum absolute atomic E-state index is 12.8. The third-order valence-corrected chi connectivity index (χ3v) is 5.05. The Balaban J connectivity index is 1.95. The lowest BCUT2D eigenvalue weighted by Gasteiger charge is -2.11. The van der Waals surface area contributed by atoms with Crippen molar-refractivity contribution < 1.29 is 9.53 Å². The van der Waals surface area contributed by atoms with E-state index in [1.165, 1.54) is 6.20 Å². The Bertz CT molecular complexity index is 1070. The number of Topliss-reactive ketones (excluding diaryl/α,β-unsaturated/α-hetero) is 1. The van der Waals surface area contributed by atoms with Crippen molar-refractivity contribution in [3.8, 4) is 11.4 Å². The summed E-state index contributed by atoms with van der Waals surface area (Å²) in [6, 6.07) is 9.34. The first kappa shape index (κ1) is 19.2. The van der Waals surface area contributed by atoms with Gasteiger partial charge >= 0.3 is 0 Å². The molecule has 6 nitrogen and oxygen atoms in total. The maximum Gasteiger partial charge on any atom is 0.287 e. The zero-order chi connectivity index (χ0) is 19.7. The monoisotopic (exact) mass is 405 g/mol. The van der Waals surface area contributed by atoms with Gasteiger partial charge in [0.2, 0.25) is 0 Å². The molecule has 1 aromatic carbocycles. The number of ether oxygens (including phenoxy) is 1. The Hall–Kier alpha value is -2.57. The van der Waals surface area contributed by atoms with Gasteiger partial charge in [0.15, 0.2) is 5.78 Å². The first-order valence-electron chi connectivity index (χ1n) is 8.11. The number of benzene rings is 1. The Morgan fingerprint density at radius 1 is 1.19 bits per heavy atom. The maximum atomic E-state index is 12.8. The number of carbonyl (C=O) groups excluding carboxylic acids is 1. The second-order valence-electron chi connectivity index (χ2n) is 6.01. The Morgan fingerprint density at radius 2 is 1.85 bits per heavy atom. The number of ketones is 1. The molecule has 0 bridgehead atoms. The average molecular weight is 406 g/mol. The highest BCUT2D eigenvalue weighted by atomic mass is 35.5. The molecule has 0 N–H and O–H groups in total. The molecule has 0 atom stereocenters.